The summed E-state index contributed by atoms with van der Waals surface area (Å²) in [6.07, 6.45) is 1.25. The first-order valence-electron chi connectivity index (χ1n) is 10.8. The molecule has 166 valence electrons. The van der Waals surface area contributed by atoms with Gasteiger partial charge in [0, 0.05) is 18.2 Å². The second-order valence-electron chi connectivity index (χ2n) is 8.03. The third-order valence-corrected chi connectivity index (χ3v) is 5.94. The van der Waals surface area contributed by atoms with Crippen molar-refractivity contribution in [1.82, 2.24) is 9.97 Å². The van der Waals surface area contributed by atoms with E-state index in [1.807, 2.05) is 54.6 Å². The number of methoxy groups -OCH3 is 1. The number of H-pyrrole nitrogens is 1. The summed E-state index contributed by atoms with van der Waals surface area (Å²) in [5.74, 6) is 1.14. The molecule has 1 unspecified atom stereocenters. The molecule has 3 aromatic carbocycles. The highest BCUT2D eigenvalue weighted by atomic mass is 16.5. The zero-order valence-electron chi connectivity index (χ0n) is 18.2. The number of nitrogens with zero attached hydrogens (tertiary/aromatic N) is 2. The number of aryl methyl sites for hydroxylation is 1. The van der Waals surface area contributed by atoms with Gasteiger partial charge in [0.05, 0.1) is 29.9 Å². The number of ether oxygens (including phenoxy) is 1. The maximum Gasteiger partial charge on any atom is 0.193 e. The van der Waals surface area contributed by atoms with Gasteiger partial charge in [0.1, 0.15) is 28.7 Å². The van der Waals surface area contributed by atoms with Crippen LogP contribution in [0.2, 0.25) is 0 Å². The van der Waals surface area contributed by atoms with Gasteiger partial charge < -0.3 is 25.5 Å². The van der Waals surface area contributed by atoms with Crippen molar-refractivity contribution in [3.63, 3.8) is 0 Å². The van der Waals surface area contributed by atoms with Crippen molar-refractivity contribution in [2.75, 3.05) is 12.0 Å². The van der Waals surface area contributed by atoms with Crippen molar-refractivity contribution in [3.8, 4) is 11.5 Å². The van der Waals surface area contributed by atoms with Crippen molar-refractivity contribution in [1.29, 1.82) is 0 Å². The number of para-hydroxylation sites is 2. The average Bonchev–Trinajstić information content (AvgIpc) is 3.35. The Bertz CT molecular complexity index is 1330. The summed E-state index contributed by atoms with van der Waals surface area (Å²) in [4.78, 5) is 23.3. The van der Waals surface area contributed by atoms with E-state index < -0.39 is 6.04 Å². The van der Waals surface area contributed by atoms with Gasteiger partial charge in [-0.3, -0.25) is 4.79 Å². The maximum atomic E-state index is 13.7. The normalized spacial score (nSPS) is 16.1. The fraction of sp³-hybridized carbons (Fsp3) is 0.154. The molecule has 4 aromatic rings. The molecule has 2 heterocycles. The van der Waals surface area contributed by atoms with Crippen molar-refractivity contribution >= 4 is 28.1 Å². The molecular weight excluding hydrogens is 416 g/mol. The number of aromatic amines is 1. The standard InChI is InChI=1S/C26H24N4O3/c1-33-19-14-17(13-18(31)15-19)30-22(12-11-16-7-3-2-4-8-16)24(32)23(25(30)27)26-28-20-9-5-6-10-21(20)29-26/h2-10,13-15,22,31H,11-12,27H2,1H3,(H,28,29). The van der Waals surface area contributed by atoms with Crippen LogP contribution in [0.15, 0.2) is 78.6 Å². The number of carbonyl (C=O) groups is 1. The van der Waals surface area contributed by atoms with E-state index in [0.717, 1.165) is 16.6 Å². The number of hydrogen-bond acceptors (Lipinski definition) is 6. The summed E-state index contributed by atoms with van der Waals surface area (Å²) in [6.45, 7) is 0. The predicted octanol–water partition coefficient (Wildman–Crippen LogP) is 4.00. The highest BCUT2D eigenvalue weighted by molar-refractivity contribution is 6.27. The number of carbonyl (C=O) groups excluding carboxylic acids is 1. The molecule has 0 bridgehead atoms. The minimum atomic E-state index is -0.542. The molecule has 0 spiro atoms. The van der Waals surface area contributed by atoms with Crippen molar-refractivity contribution in [2.45, 2.75) is 18.9 Å². The largest absolute Gasteiger partial charge is 0.508 e. The Balaban J connectivity index is 1.58. The van der Waals surface area contributed by atoms with Crippen LogP contribution in [0.5, 0.6) is 11.5 Å². The summed E-state index contributed by atoms with van der Waals surface area (Å²) in [5.41, 5.74) is 10.3. The van der Waals surface area contributed by atoms with Gasteiger partial charge in [0.25, 0.3) is 0 Å². The zero-order chi connectivity index (χ0) is 22.9. The Labute approximate surface area is 191 Å². The summed E-state index contributed by atoms with van der Waals surface area (Å²) >= 11 is 0. The van der Waals surface area contributed by atoms with Crippen LogP contribution in [0.3, 0.4) is 0 Å². The molecule has 5 rings (SSSR count). The minimum Gasteiger partial charge on any atom is -0.508 e. The molecule has 1 atom stereocenters. The van der Waals surface area contributed by atoms with E-state index in [9.17, 15) is 9.90 Å². The summed E-state index contributed by atoms with van der Waals surface area (Å²) in [5, 5.41) is 10.2. The first-order chi connectivity index (χ1) is 16.0. The first kappa shape index (κ1) is 20.6. The molecule has 0 fully saturated rings. The van der Waals surface area contributed by atoms with Crippen LogP contribution >= 0.6 is 0 Å². The molecule has 0 saturated carbocycles. The van der Waals surface area contributed by atoms with Crippen LogP contribution in [0, 0.1) is 0 Å². The molecule has 4 N–H and O–H groups in total. The summed E-state index contributed by atoms with van der Waals surface area (Å²) in [6, 6.07) is 21.9. The Morgan fingerprint density at radius 1 is 1.09 bits per heavy atom. The monoisotopic (exact) mass is 440 g/mol. The number of imidazole rings is 1. The third-order valence-electron chi connectivity index (χ3n) is 5.94. The lowest BCUT2D eigenvalue weighted by atomic mass is 9.99. The van der Waals surface area contributed by atoms with Gasteiger partial charge >= 0.3 is 0 Å². The molecule has 0 radical (unpaired) electrons. The number of ketones is 1. The number of fused-ring (bicyclic) bond motifs is 1. The van der Waals surface area contributed by atoms with E-state index in [1.54, 1.807) is 17.0 Å². The zero-order valence-corrected chi connectivity index (χ0v) is 18.2. The second kappa shape index (κ2) is 8.35. The topological polar surface area (TPSA) is 104 Å². The van der Waals surface area contributed by atoms with Gasteiger partial charge in [-0.25, -0.2) is 4.98 Å². The molecule has 0 aliphatic carbocycles. The number of nitrogens with one attached hydrogen (secondary N) is 1. The summed E-state index contributed by atoms with van der Waals surface area (Å²) < 4.78 is 5.33. The number of Topliss-reactive ketones (excluding diaryl/α,β-unsaturated/α-hetero) is 1. The van der Waals surface area contributed by atoms with Gasteiger partial charge in [-0.1, -0.05) is 42.5 Å². The molecule has 1 aliphatic rings. The van der Waals surface area contributed by atoms with E-state index in [0.29, 0.717) is 41.5 Å². The third kappa shape index (κ3) is 3.78. The highest BCUT2D eigenvalue weighted by Gasteiger charge is 2.41. The summed E-state index contributed by atoms with van der Waals surface area (Å²) in [7, 11) is 1.53. The van der Waals surface area contributed by atoms with Crippen LogP contribution in [-0.4, -0.2) is 34.0 Å². The second-order valence-corrected chi connectivity index (χ2v) is 8.03. The van der Waals surface area contributed by atoms with Gasteiger partial charge in [-0.2, -0.15) is 0 Å². The van der Waals surface area contributed by atoms with Crippen molar-refractivity contribution in [2.24, 2.45) is 5.73 Å². The van der Waals surface area contributed by atoms with E-state index >= 15 is 0 Å². The SMILES string of the molecule is COc1cc(O)cc(N2C(N)=C(c3nc4ccccc4[nH]3)C(=O)C2CCc2ccccc2)c1. The Morgan fingerprint density at radius 2 is 1.85 bits per heavy atom. The number of anilines is 1. The Hall–Kier alpha value is -4.26. The van der Waals surface area contributed by atoms with Gasteiger partial charge in [-0.15, -0.1) is 0 Å². The Kier molecular flexibility index (Phi) is 5.22. The van der Waals surface area contributed by atoms with E-state index in [4.69, 9.17) is 10.5 Å². The lowest BCUT2D eigenvalue weighted by Gasteiger charge is -2.27. The lowest BCUT2D eigenvalue weighted by Crippen LogP contribution is -2.37. The fourth-order valence-corrected chi connectivity index (χ4v) is 4.36. The maximum absolute atomic E-state index is 13.7. The average molecular weight is 441 g/mol. The number of nitrogens with two attached hydrogens (primary N) is 1. The van der Waals surface area contributed by atoms with Crippen molar-refractivity contribution in [3.05, 3.63) is 90.0 Å². The van der Waals surface area contributed by atoms with E-state index in [-0.39, 0.29) is 11.5 Å². The van der Waals surface area contributed by atoms with E-state index in [2.05, 4.69) is 9.97 Å². The predicted molar refractivity (Wildman–Crippen MR) is 128 cm³/mol. The fourth-order valence-electron chi connectivity index (χ4n) is 4.36. The number of hydrogen-bond donors (Lipinski definition) is 3. The van der Waals surface area contributed by atoms with Crippen LogP contribution in [0.4, 0.5) is 5.69 Å². The number of aromatic hydroxyl groups is 1. The minimum absolute atomic E-state index is 0.0311. The van der Waals surface area contributed by atoms with Crippen molar-refractivity contribution < 1.29 is 14.6 Å². The van der Waals surface area contributed by atoms with Crippen LogP contribution in [0.1, 0.15) is 17.8 Å². The van der Waals surface area contributed by atoms with Gasteiger partial charge in [0.15, 0.2) is 5.78 Å². The molecule has 1 aliphatic heterocycles. The van der Waals surface area contributed by atoms with Crippen LogP contribution < -0.4 is 15.4 Å². The molecule has 0 amide bonds. The molecule has 1 aromatic heterocycles. The van der Waals surface area contributed by atoms with Crippen LogP contribution in [-0.2, 0) is 11.2 Å². The smallest absolute Gasteiger partial charge is 0.193 e. The van der Waals surface area contributed by atoms with Gasteiger partial charge in [-0.05, 0) is 30.5 Å². The highest BCUT2D eigenvalue weighted by Crippen LogP contribution is 2.38. The number of rotatable bonds is 6. The quantitative estimate of drug-likeness (QED) is 0.419. The number of aromatic nitrogens is 2. The van der Waals surface area contributed by atoms with Crippen LogP contribution in [0.25, 0.3) is 16.6 Å². The molecule has 7 heteroatoms. The molecular formula is C26H24N4O3. The Morgan fingerprint density at radius 3 is 2.61 bits per heavy atom. The number of phenolic OH excluding ortho intramolecular Hbond substituents is 1. The van der Waals surface area contributed by atoms with E-state index in [1.165, 1.54) is 13.2 Å². The van der Waals surface area contributed by atoms with Gasteiger partial charge in [0.2, 0.25) is 0 Å². The molecule has 7 nitrogen and oxygen atoms in total. The number of benzene rings is 3. The lowest BCUT2D eigenvalue weighted by molar-refractivity contribution is -0.114. The molecule has 0 saturated heterocycles. The number of phenols is 1. The molecule has 33 heavy (non-hydrogen) atoms. The first-order valence-corrected chi connectivity index (χ1v) is 10.8.